The van der Waals surface area contributed by atoms with E-state index < -0.39 is 0 Å². The number of nitrogens with zero attached hydrogens (tertiary/aromatic N) is 4. The molecular formula is C9H11N5S. The van der Waals surface area contributed by atoms with Crippen molar-refractivity contribution >= 4 is 11.8 Å². The highest BCUT2D eigenvalue weighted by atomic mass is 32.2. The fourth-order valence-electron chi connectivity index (χ4n) is 1.05. The molecule has 0 amide bonds. The molecule has 0 atom stereocenters. The van der Waals surface area contributed by atoms with E-state index in [9.17, 15) is 0 Å². The van der Waals surface area contributed by atoms with Crippen LogP contribution in [0.15, 0.2) is 34.8 Å². The zero-order valence-electron chi connectivity index (χ0n) is 8.29. The lowest BCUT2D eigenvalue weighted by Crippen LogP contribution is -1.97. The van der Waals surface area contributed by atoms with Gasteiger partial charge >= 0.3 is 0 Å². The third-order valence-electron chi connectivity index (χ3n) is 1.90. The van der Waals surface area contributed by atoms with Crippen molar-refractivity contribution in [3.63, 3.8) is 0 Å². The molecule has 0 aromatic carbocycles. The normalized spacial score (nSPS) is 10.5. The Kier molecular flexibility index (Phi) is 2.98. The summed E-state index contributed by atoms with van der Waals surface area (Å²) in [5, 5.41) is 9.47. The minimum atomic E-state index is 0.516. The topological polar surface area (TPSA) is 69.6 Å². The fraction of sp³-hybridized carbons (Fsp3) is 0.222. The molecular weight excluding hydrogens is 210 g/mol. The van der Waals surface area contributed by atoms with Crippen LogP contribution in [-0.2, 0) is 13.6 Å². The van der Waals surface area contributed by atoms with Crippen LogP contribution in [-0.4, -0.2) is 19.7 Å². The smallest absolute Gasteiger partial charge is 0.197 e. The van der Waals surface area contributed by atoms with Gasteiger partial charge in [-0.05, 0) is 23.4 Å². The zero-order valence-corrected chi connectivity index (χ0v) is 9.11. The number of hydrogen-bond donors (Lipinski definition) is 1. The molecule has 2 aromatic heterocycles. The third kappa shape index (κ3) is 2.34. The average molecular weight is 221 g/mol. The Bertz CT molecular complexity index is 436. The zero-order chi connectivity index (χ0) is 10.7. The summed E-state index contributed by atoms with van der Waals surface area (Å²) in [6.07, 6.45) is 3.44. The molecule has 15 heavy (non-hydrogen) atoms. The SMILES string of the molecule is Cn1cnnc1Sc1ccc(CN)cn1. The van der Waals surface area contributed by atoms with Crippen LogP contribution in [0.5, 0.6) is 0 Å². The molecule has 78 valence electrons. The van der Waals surface area contributed by atoms with E-state index in [2.05, 4.69) is 15.2 Å². The summed E-state index contributed by atoms with van der Waals surface area (Å²) < 4.78 is 1.85. The van der Waals surface area contributed by atoms with Gasteiger partial charge in [-0.1, -0.05) is 6.07 Å². The second-order valence-corrected chi connectivity index (χ2v) is 4.02. The maximum absolute atomic E-state index is 5.49. The molecule has 0 saturated carbocycles. The van der Waals surface area contributed by atoms with Crippen molar-refractivity contribution in [1.29, 1.82) is 0 Å². The maximum Gasteiger partial charge on any atom is 0.197 e. The van der Waals surface area contributed by atoms with E-state index in [-0.39, 0.29) is 0 Å². The van der Waals surface area contributed by atoms with E-state index in [1.54, 1.807) is 12.5 Å². The van der Waals surface area contributed by atoms with Gasteiger partial charge in [-0.25, -0.2) is 4.98 Å². The number of nitrogens with two attached hydrogens (primary N) is 1. The molecule has 5 nitrogen and oxygen atoms in total. The van der Waals surface area contributed by atoms with Crippen molar-refractivity contribution in [2.75, 3.05) is 0 Å². The third-order valence-corrected chi connectivity index (χ3v) is 2.90. The van der Waals surface area contributed by atoms with Crippen molar-refractivity contribution in [1.82, 2.24) is 19.7 Å². The second kappa shape index (κ2) is 4.41. The summed E-state index contributed by atoms with van der Waals surface area (Å²) in [6.45, 7) is 0.516. The van der Waals surface area contributed by atoms with E-state index in [4.69, 9.17) is 5.73 Å². The van der Waals surface area contributed by atoms with Crippen LogP contribution in [0.3, 0.4) is 0 Å². The van der Waals surface area contributed by atoms with Gasteiger partial charge in [-0.3, -0.25) is 0 Å². The average Bonchev–Trinajstić information content (AvgIpc) is 2.66. The van der Waals surface area contributed by atoms with E-state index in [1.807, 2.05) is 23.7 Å². The van der Waals surface area contributed by atoms with Crippen molar-refractivity contribution < 1.29 is 0 Å². The van der Waals surface area contributed by atoms with Crippen molar-refractivity contribution in [3.05, 3.63) is 30.2 Å². The van der Waals surface area contributed by atoms with Crippen LogP contribution >= 0.6 is 11.8 Å². The van der Waals surface area contributed by atoms with Gasteiger partial charge < -0.3 is 10.3 Å². The molecule has 0 aliphatic heterocycles. The van der Waals surface area contributed by atoms with E-state index >= 15 is 0 Å². The Balaban J connectivity index is 2.14. The van der Waals surface area contributed by atoms with Crippen LogP contribution in [0, 0.1) is 0 Å². The summed E-state index contributed by atoms with van der Waals surface area (Å²) in [5.41, 5.74) is 6.51. The molecule has 0 aliphatic rings. The van der Waals surface area contributed by atoms with Crippen LogP contribution in [0.2, 0.25) is 0 Å². The lowest BCUT2D eigenvalue weighted by atomic mass is 10.3. The van der Waals surface area contributed by atoms with Gasteiger partial charge in [-0.2, -0.15) is 0 Å². The van der Waals surface area contributed by atoms with Crippen LogP contribution < -0.4 is 5.73 Å². The number of aromatic nitrogens is 4. The monoisotopic (exact) mass is 221 g/mol. The number of hydrogen-bond acceptors (Lipinski definition) is 5. The van der Waals surface area contributed by atoms with Gasteiger partial charge in [0.2, 0.25) is 0 Å². The van der Waals surface area contributed by atoms with E-state index in [1.165, 1.54) is 11.8 Å². The minimum Gasteiger partial charge on any atom is -0.326 e. The maximum atomic E-state index is 5.49. The van der Waals surface area contributed by atoms with Gasteiger partial charge in [-0.15, -0.1) is 10.2 Å². The molecule has 0 bridgehead atoms. The highest BCUT2D eigenvalue weighted by molar-refractivity contribution is 7.99. The number of rotatable bonds is 3. The summed E-state index contributed by atoms with van der Waals surface area (Å²) in [7, 11) is 1.90. The Morgan fingerprint density at radius 3 is 2.87 bits per heavy atom. The minimum absolute atomic E-state index is 0.516. The first-order valence-electron chi connectivity index (χ1n) is 4.46. The Morgan fingerprint density at radius 1 is 1.47 bits per heavy atom. The summed E-state index contributed by atoms with van der Waals surface area (Å²) in [6, 6.07) is 3.90. The molecule has 2 N–H and O–H groups in total. The summed E-state index contributed by atoms with van der Waals surface area (Å²) >= 11 is 1.48. The van der Waals surface area contributed by atoms with Crippen LogP contribution in [0.25, 0.3) is 0 Å². The molecule has 6 heteroatoms. The van der Waals surface area contributed by atoms with Crippen LogP contribution in [0.1, 0.15) is 5.56 Å². The summed E-state index contributed by atoms with van der Waals surface area (Å²) in [5.74, 6) is 0. The van der Waals surface area contributed by atoms with Crippen molar-refractivity contribution in [3.8, 4) is 0 Å². The quantitative estimate of drug-likeness (QED) is 0.831. The van der Waals surface area contributed by atoms with Gasteiger partial charge in [0.25, 0.3) is 0 Å². The second-order valence-electron chi connectivity index (χ2n) is 3.04. The molecule has 2 heterocycles. The predicted octanol–water partition coefficient (Wildman–Crippen LogP) is 0.820. The molecule has 0 unspecified atom stereocenters. The Morgan fingerprint density at radius 2 is 2.33 bits per heavy atom. The molecule has 0 spiro atoms. The standard InChI is InChI=1S/C9H11N5S/c1-14-6-12-13-9(14)15-8-3-2-7(4-10)5-11-8/h2-3,5-6H,4,10H2,1H3. The molecule has 2 aromatic rings. The fourth-order valence-corrected chi connectivity index (χ4v) is 1.76. The number of pyridine rings is 1. The molecule has 0 aliphatic carbocycles. The lowest BCUT2D eigenvalue weighted by Gasteiger charge is -2.00. The molecule has 0 radical (unpaired) electrons. The summed E-state index contributed by atoms with van der Waals surface area (Å²) in [4.78, 5) is 4.27. The van der Waals surface area contributed by atoms with Crippen molar-refractivity contribution in [2.45, 2.75) is 16.7 Å². The van der Waals surface area contributed by atoms with Gasteiger partial charge in [0.1, 0.15) is 11.4 Å². The molecule has 0 fully saturated rings. The first-order valence-corrected chi connectivity index (χ1v) is 5.28. The van der Waals surface area contributed by atoms with Crippen molar-refractivity contribution in [2.24, 2.45) is 12.8 Å². The van der Waals surface area contributed by atoms with E-state index in [0.717, 1.165) is 15.7 Å². The first kappa shape index (κ1) is 10.1. The van der Waals surface area contributed by atoms with Crippen LogP contribution in [0.4, 0.5) is 0 Å². The highest BCUT2D eigenvalue weighted by Crippen LogP contribution is 2.22. The highest BCUT2D eigenvalue weighted by Gasteiger charge is 2.04. The van der Waals surface area contributed by atoms with Gasteiger partial charge in [0.05, 0.1) is 0 Å². The van der Waals surface area contributed by atoms with E-state index in [0.29, 0.717) is 6.54 Å². The molecule has 2 rings (SSSR count). The first-order chi connectivity index (χ1) is 7.29. The largest absolute Gasteiger partial charge is 0.326 e. The Labute approximate surface area is 91.7 Å². The number of aryl methyl sites for hydroxylation is 1. The van der Waals surface area contributed by atoms with Gasteiger partial charge in [0.15, 0.2) is 5.16 Å². The predicted molar refractivity (Wildman–Crippen MR) is 57.3 cm³/mol. The Hall–Kier alpha value is -1.40. The van der Waals surface area contributed by atoms with Gasteiger partial charge in [0, 0.05) is 19.8 Å². The molecule has 0 saturated heterocycles. The lowest BCUT2D eigenvalue weighted by molar-refractivity contribution is 0.787.